The fraction of sp³-hybridized carbons (Fsp3) is 0.447. The van der Waals surface area contributed by atoms with Crippen molar-refractivity contribution < 1.29 is 49.5 Å². The van der Waals surface area contributed by atoms with Crippen LogP contribution in [0.15, 0.2) is 60.8 Å². The summed E-state index contributed by atoms with van der Waals surface area (Å²) in [5.74, 6) is -4.75. The van der Waals surface area contributed by atoms with Crippen molar-refractivity contribution in [2.75, 3.05) is 20.1 Å². The number of aliphatic hydroxyl groups is 3. The first-order valence-corrected chi connectivity index (χ1v) is 17.7. The van der Waals surface area contributed by atoms with E-state index in [0.29, 0.717) is 25.9 Å². The van der Waals surface area contributed by atoms with Crippen LogP contribution in [0.5, 0.6) is 0 Å². The molecule has 5 heterocycles. The average Bonchev–Trinajstić information content (AvgIpc) is 3.84. The van der Waals surface area contributed by atoms with E-state index >= 15 is 0 Å². The maximum Gasteiger partial charge on any atom is 0.335 e. The molecule has 1 aromatic heterocycles. The number of carboxylic acid groups (broad SMARTS) is 2. The van der Waals surface area contributed by atoms with Gasteiger partial charge in [0.25, 0.3) is 5.91 Å². The summed E-state index contributed by atoms with van der Waals surface area (Å²) < 4.78 is 0. The SMILES string of the molecule is CN1C[C@H](C(=O)N[C@]2(C)C[C@@]3(O)C4CCCN4C(=O)[C@H](Cc4ccccc4)N3C2=O)C=C2c3cccc4[nH]cc(c34)C[C@H]21.O=C(O)[C@H](O)[C@@H](O)C(=O)O. The maximum atomic E-state index is 14.3. The normalized spacial score (nSPS) is 30.0. The highest BCUT2D eigenvalue weighted by atomic mass is 16.4. The molecule has 1 unspecified atom stereocenters. The van der Waals surface area contributed by atoms with Crippen LogP contribution in [0.25, 0.3) is 16.5 Å². The van der Waals surface area contributed by atoms with Crippen molar-refractivity contribution in [3.8, 4) is 0 Å². The van der Waals surface area contributed by atoms with Gasteiger partial charge in [-0.3, -0.25) is 24.2 Å². The Morgan fingerprint density at radius 3 is 2.40 bits per heavy atom. The predicted octanol–water partition coefficient (Wildman–Crippen LogP) is 0.327. The minimum absolute atomic E-state index is 0.0398. The molecule has 3 aromatic rings. The molecule has 15 heteroatoms. The average molecular weight is 730 g/mol. The number of rotatable bonds is 7. The number of carboxylic acids is 2. The molecule has 0 saturated carbocycles. The van der Waals surface area contributed by atoms with Crippen LogP contribution in [0, 0.1) is 5.92 Å². The molecule has 3 amide bonds. The van der Waals surface area contributed by atoms with E-state index in [1.807, 2.05) is 36.4 Å². The summed E-state index contributed by atoms with van der Waals surface area (Å²) in [6, 6.07) is 14.7. The minimum atomic E-state index is -2.27. The highest BCUT2D eigenvalue weighted by Crippen LogP contribution is 2.48. The van der Waals surface area contributed by atoms with E-state index in [9.17, 15) is 29.1 Å². The Kier molecular flexibility index (Phi) is 9.17. The number of likely N-dealkylation sites (N-methyl/N-ethyl adjacent to an activating group) is 1. The van der Waals surface area contributed by atoms with Crippen LogP contribution in [0.4, 0.5) is 0 Å². The number of aromatic amines is 1. The van der Waals surface area contributed by atoms with Crippen molar-refractivity contribution >= 4 is 46.1 Å². The number of hydrogen-bond acceptors (Lipinski definition) is 9. The quantitative estimate of drug-likeness (QED) is 0.176. The van der Waals surface area contributed by atoms with Gasteiger partial charge >= 0.3 is 11.9 Å². The van der Waals surface area contributed by atoms with Crippen LogP contribution in [-0.4, -0.2) is 137 Å². The number of fused-ring (bicyclic) bond motifs is 5. The second kappa shape index (κ2) is 13.4. The van der Waals surface area contributed by atoms with Gasteiger partial charge in [0, 0.05) is 49.1 Å². The van der Waals surface area contributed by atoms with Gasteiger partial charge in [-0.05, 0) is 61.6 Å². The third kappa shape index (κ3) is 6.06. The topological polar surface area (TPSA) is 224 Å². The van der Waals surface area contributed by atoms with Crippen molar-refractivity contribution in [3.05, 3.63) is 77.5 Å². The summed E-state index contributed by atoms with van der Waals surface area (Å²) in [5.41, 5.74) is 2.71. The molecule has 280 valence electrons. The lowest BCUT2D eigenvalue weighted by Gasteiger charge is -2.50. The molecule has 5 aliphatic rings. The monoisotopic (exact) mass is 729 g/mol. The molecule has 0 spiro atoms. The maximum absolute atomic E-state index is 14.3. The van der Waals surface area contributed by atoms with Crippen LogP contribution in [0.1, 0.15) is 42.9 Å². The molecular weight excluding hydrogens is 686 g/mol. The summed E-state index contributed by atoms with van der Waals surface area (Å²) >= 11 is 0. The fourth-order valence-electron chi connectivity index (χ4n) is 8.99. The third-order valence-electron chi connectivity index (χ3n) is 11.5. The highest BCUT2D eigenvalue weighted by molar-refractivity contribution is 6.01. The number of aliphatic carboxylic acids is 2. The van der Waals surface area contributed by atoms with Crippen LogP contribution in [0.3, 0.4) is 0 Å². The van der Waals surface area contributed by atoms with Gasteiger partial charge < -0.3 is 40.7 Å². The molecule has 2 aromatic carbocycles. The zero-order valence-corrected chi connectivity index (χ0v) is 29.3. The van der Waals surface area contributed by atoms with Crippen molar-refractivity contribution in [3.63, 3.8) is 0 Å². The smallest absolute Gasteiger partial charge is 0.335 e. The molecule has 1 aliphatic carbocycles. The molecular formula is C38H43N5O10. The summed E-state index contributed by atoms with van der Waals surface area (Å²) in [5, 5.41) is 49.1. The van der Waals surface area contributed by atoms with Crippen molar-refractivity contribution in [2.24, 2.45) is 5.92 Å². The molecule has 8 rings (SSSR count). The molecule has 3 fully saturated rings. The second-order valence-electron chi connectivity index (χ2n) is 14.9. The van der Waals surface area contributed by atoms with Gasteiger partial charge in [0.1, 0.15) is 11.6 Å². The number of carbonyl (C=O) groups excluding carboxylic acids is 3. The van der Waals surface area contributed by atoms with E-state index in [2.05, 4.69) is 46.7 Å². The third-order valence-corrected chi connectivity index (χ3v) is 11.5. The van der Waals surface area contributed by atoms with Gasteiger partial charge in [-0.15, -0.1) is 0 Å². The summed E-state index contributed by atoms with van der Waals surface area (Å²) in [4.78, 5) is 70.4. The van der Waals surface area contributed by atoms with Gasteiger partial charge in [-0.1, -0.05) is 48.5 Å². The Morgan fingerprint density at radius 2 is 1.72 bits per heavy atom. The van der Waals surface area contributed by atoms with Gasteiger partial charge in [0.05, 0.1) is 12.0 Å². The zero-order valence-electron chi connectivity index (χ0n) is 29.3. The standard InChI is InChI=1S/C34H37N5O4.C4H6O6/c1-33(36-30(40)22-15-24-23-10-6-11-25-29(23)21(17-35-25)16-26(24)37(2)18-22)19-34(43)28-12-7-13-38(28)31(41)27(39(34)32(33)42)14-20-8-4-3-5-9-20;5-1(3(7)8)2(6)4(9)10/h3-6,8-11,15,17,22,26-28,35,43H,7,12-14,16,18-19H2,1-2H3,(H,36,40);1-2,5-6H,(H,7,8)(H,9,10)/t22-,26-,27+,28?,33-,34-;1-,2-/m11/s1. The minimum Gasteiger partial charge on any atom is -0.479 e. The number of aliphatic hydroxyl groups excluding tert-OH is 2. The van der Waals surface area contributed by atoms with E-state index < -0.39 is 59.3 Å². The number of carbonyl (C=O) groups is 5. The number of aromatic nitrogens is 1. The molecule has 53 heavy (non-hydrogen) atoms. The molecule has 7 N–H and O–H groups in total. The molecule has 4 aliphatic heterocycles. The number of hydrogen-bond donors (Lipinski definition) is 7. The van der Waals surface area contributed by atoms with Gasteiger partial charge in [-0.2, -0.15) is 0 Å². The van der Waals surface area contributed by atoms with Gasteiger partial charge in [-0.25, -0.2) is 9.59 Å². The lowest BCUT2D eigenvalue weighted by Crippen LogP contribution is -2.71. The Bertz CT molecular complexity index is 2000. The van der Waals surface area contributed by atoms with E-state index in [0.717, 1.165) is 35.1 Å². The summed E-state index contributed by atoms with van der Waals surface area (Å²) in [6.07, 6.45) is 2.27. The van der Waals surface area contributed by atoms with E-state index in [4.69, 9.17) is 20.4 Å². The summed E-state index contributed by atoms with van der Waals surface area (Å²) in [7, 11) is 2.05. The van der Waals surface area contributed by atoms with E-state index in [1.54, 1.807) is 11.8 Å². The first kappa shape index (κ1) is 36.3. The molecule has 8 atom stereocenters. The molecule has 0 radical (unpaired) electrons. The lowest BCUT2D eigenvalue weighted by atomic mass is 9.79. The van der Waals surface area contributed by atoms with Gasteiger partial charge in [0.15, 0.2) is 17.9 Å². The Morgan fingerprint density at radius 1 is 1.02 bits per heavy atom. The van der Waals surface area contributed by atoms with E-state index in [1.165, 1.54) is 15.8 Å². The number of benzene rings is 2. The number of nitrogens with one attached hydrogen (secondary N) is 2. The van der Waals surface area contributed by atoms with Crippen LogP contribution < -0.4 is 5.32 Å². The molecule has 3 saturated heterocycles. The lowest BCUT2D eigenvalue weighted by molar-refractivity contribution is -0.196. The molecule has 0 bridgehead atoms. The van der Waals surface area contributed by atoms with Crippen molar-refractivity contribution in [2.45, 2.75) is 80.6 Å². The van der Waals surface area contributed by atoms with Crippen molar-refractivity contribution in [1.29, 1.82) is 0 Å². The second-order valence-corrected chi connectivity index (χ2v) is 14.9. The van der Waals surface area contributed by atoms with E-state index in [-0.39, 0.29) is 24.3 Å². The van der Waals surface area contributed by atoms with Crippen LogP contribution in [0.2, 0.25) is 0 Å². The van der Waals surface area contributed by atoms with Crippen molar-refractivity contribution in [1.82, 2.24) is 25.0 Å². The number of nitrogens with zero attached hydrogens (tertiary/aromatic N) is 3. The highest BCUT2D eigenvalue weighted by Gasteiger charge is 2.68. The summed E-state index contributed by atoms with van der Waals surface area (Å²) in [6.45, 7) is 2.81. The van der Waals surface area contributed by atoms with Gasteiger partial charge in [0.2, 0.25) is 11.8 Å². The van der Waals surface area contributed by atoms with Crippen LogP contribution >= 0.6 is 0 Å². The largest absolute Gasteiger partial charge is 0.479 e. The first-order chi connectivity index (χ1) is 25.1. The number of piperazine rings is 1. The fourth-order valence-corrected chi connectivity index (χ4v) is 8.99. The Balaban J connectivity index is 0.000000384. The Labute approximate surface area is 304 Å². The van der Waals surface area contributed by atoms with Crippen LogP contribution in [-0.2, 0) is 36.8 Å². The number of H-pyrrole nitrogens is 1. The zero-order chi connectivity index (χ0) is 38.0. The first-order valence-electron chi connectivity index (χ1n) is 17.7. The predicted molar refractivity (Wildman–Crippen MR) is 189 cm³/mol. The Hall–Kier alpha value is -5.09. The molecule has 15 nitrogen and oxygen atoms in total. The number of amides is 3.